The van der Waals surface area contributed by atoms with Crippen molar-refractivity contribution in [3.63, 3.8) is 0 Å². The molecule has 0 N–H and O–H groups in total. The van der Waals surface area contributed by atoms with Gasteiger partial charge in [-0.3, -0.25) is 4.98 Å². The van der Waals surface area contributed by atoms with Crippen LogP contribution in [-0.4, -0.2) is 21.4 Å². The largest absolute Gasteiger partial charge is 0.478 e. The molecule has 0 unspecified atom stereocenters. The summed E-state index contributed by atoms with van der Waals surface area (Å²) in [5.41, 5.74) is 4.27. The lowest BCUT2D eigenvalue weighted by Gasteiger charge is -2.14. The van der Waals surface area contributed by atoms with E-state index in [1.165, 1.54) is 0 Å². The minimum absolute atomic E-state index is 0.791. The average molecular weight is 243 g/mol. The molecular weight excluding hydrogens is 226 g/mol. The number of hydrogen-bond acceptors (Lipinski definition) is 3. The van der Waals surface area contributed by atoms with E-state index < -0.39 is 0 Å². The molecule has 0 aliphatic carbocycles. The highest BCUT2D eigenvalue weighted by molar-refractivity contribution is 5.64. The molecule has 0 fully saturated rings. The smallest absolute Gasteiger partial charge is 0.215 e. The highest BCUT2D eigenvalue weighted by atomic mass is 16.5. The molecule has 2 aromatic rings. The van der Waals surface area contributed by atoms with Gasteiger partial charge in [0.25, 0.3) is 0 Å². The van der Waals surface area contributed by atoms with Crippen molar-refractivity contribution in [1.29, 1.82) is 0 Å². The lowest BCUT2D eigenvalue weighted by atomic mass is 10.1. The quantitative estimate of drug-likeness (QED) is 0.814. The van der Waals surface area contributed by atoms with Gasteiger partial charge in [0.05, 0.1) is 6.61 Å². The maximum Gasteiger partial charge on any atom is 0.215 e. The zero-order valence-electron chi connectivity index (χ0n) is 10.8. The minimum atomic E-state index is 0.791. The van der Waals surface area contributed by atoms with E-state index in [9.17, 15) is 0 Å². The number of hydrogen-bond donors (Lipinski definition) is 0. The Bertz CT molecular complexity index is 557. The van der Waals surface area contributed by atoms with Crippen LogP contribution in [0.5, 0.6) is 5.88 Å². The first-order chi connectivity index (χ1) is 8.79. The van der Waals surface area contributed by atoms with Crippen molar-refractivity contribution >= 4 is 0 Å². The fraction of sp³-hybridized carbons (Fsp3) is 0.429. The van der Waals surface area contributed by atoms with Gasteiger partial charge < -0.3 is 4.74 Å². The van der Waals surface area contributed by atoms with Crippen molar-refractivity contribution < 1.29 is 4.74 Å². The first-order valence-corrected chi connectivity index (χ1v) is 6.45. The van der Waals surface area contributed by atoms with Gasteiger partial charge in [-0.05, 0) is 25.5 Å². The molecule has 0 amide bonds. The van der Waals surface area contributed by atoms with Crippen LogP contribution in [0.1, 0.15) is 24.6 Å². The van der Waals surface area contributed by atoms with Crippen molar-refractivity contribution in [3.05, 3.63) is 29.6 Å². The third kappa shape index (κ3) is 1.78. The van der Waals surface area contributed by atoms with E-state index in [0.29, 0.717) is 0 Å². The summed E-state index contributed by atoms with van der Waals surface area (Å²) in [6.07, 6.45) is 3.89. The Morgan fingerprint density at radius 3 is 2.94 bits per heavy atom. The van der Waals surface area contributed by atoms with Crippen molar-refractivity contribution in [1.82, 2.24) is 14.8 Å². The normalized spacial score (nSPS) is 14.1. The van der Waals surface area contributed by atoms with Gasteiger partial charge in [0.2, 0.25) is 5.88 Å². The lowest BCUT2D eigenvalue weighted by molar-refractivity contribution is 0.229. The highest BCUT2D eigenvalue weighted by Gasteiger charge is 2.19. The Morgan fingerprint density at radius 1 is 1.39 bits per heavy atom. The van der Waals surface area contributed by atoms with Gasteiger partial charge in [0, 0.05) is 36.0 Å². The Balaban J connectivity index is 2.02. The highest BCUT2D eigenvalue weighted by Crippen LogP contribution is 2.31. The minimum Gasteiger partial charge on any atom is -0.478 e. The van der Waals surface area contributed by atoms with Crippen LogP contribution >= 0.6 is 0 Å². The molecule has 4 nitrogen and oxygen atoms in total. The van der Waals surface area contributed by atoms with E-state index in [0.717, 1.165) is 54.4 Å². The molecule has 4 heteroatoms. The van der Waals surface area contributed by atoms with Gasteiger partial charge in [0.1, 0.15) is 5.69 Å². The van der Waals surface area contributed by atoms with E-state index in [1.54, 1.807) is 0 Å². The Labute approximate surface area is 107 Å². The monoisotopic (exact) mass is 243 g/mol. The first kappa shape index (κ1) is 11.3. The number of aromatic nitrogens is 3. The second-order valence-electron chi connectivity index (χ2n) is 4.60. The van der Waals surface area contributed by atoms with Gasteiger partial charge in [-0.1, -0.05) is 6.92 Å². The molecule has 1 aliphatic heterocycles. The van der Waals surface area contributed by atoms with E-state index in [2.05, 4.69) is 36.1 Å². The van der Waals surface area contributed by atoms with Crippen molar-refractivity contribution in [3.8, 4) is 17.1 Å². The number of fused-ring (bicyclic) bond motifs is 1. The number of pyridine rings is 1. The summed E-state index contributed by atoms with van der Waals surface area (Å²) in [6.45, 7) is 5.90. The molecule has 0 atom stereocenters. The van der Waals surface area contributed by atoms with Crippen molar-refractivity contribution in [2.75, 3.05) is 6.61 Å². The fourth-order valence-corrected chi connectivity index (χ4v) is 2.30. The second-order valence-corrected chi connectivity index (χ2v) is 4.60. The maximum absolute atomic E-state index is 5.68. The molecule has 0 aromatic carbocycles. The van der Waals surface area contributed by atoms with Gasteiger partial charge in [0.15, 0.2) is 0 Å². The summed E-state index contributed by atoms with van der Waals surface area (Å²) in [4.78, 5) is 4.43. The second kappa shape index (κ2) is 4.44. The average Bonchev–Trinajstić information content (AvgIpc) is 2.77. The van der Waals surface area contributed by atoms with E-state index in [1.807, 2.05) is 10.9 Å². The zero-order chi connectivity index (χ0) is 12.5. The summed E-state index contributed by atoms with van der Waals surface area (Å²) in [6, 6.07) is 4.15. The SMILES string of the molecule is CCc1ccc(-c2nn3c(c2C)OCCC3)cn1. The molecule has 0 saturated heterocycles. The van der Waals surface area contributed by atoms with Crippen LogP contribution < -0.4 is 4.74 Å². The molecule has 0 radical (unpaired) electrons. The molecule has 0 saturated carbocycles. The Kier molecular flexibility index (Phi) is 2.78. The molecule has 2 aromatic heterocycles. The summed E-state index contributed by atoms with van der Waals surface area (Å²) >= 11 is 0. The maximum atomic E-state index is 5.68. The number of aryl methyl sites for hydroxylation is 2. The van der Waals surface area contributed by atoms with Gasteiger partial charge in [-0.25, -0.2) is 4.68 Å². The van der Waals surface area contributed by atoms with Gasteiger partial charge in [-0.15, -0.1) is 0 Å². The van der Waals surface area contributed by atoms with E-state index in [-0.39, 0.29) is 0 Å². The topological polar surface area (TPSA) is 39.9 Å². The van der Waals surface area contributed by atoms with Crippen LogP contribution in [0.2, 0.25) is 0 Å². The summed E-state index contributed by atoms with van der Waals surface area (Å²) in [5.74, 6) is 0.913. The molecule has 0 bridgehead atoms. The fourth-order valence-electron chi connectivity index (χ4n) is 2.30. The lowest BCUT2D eigenvalue weighted by Crippen LogP contribution is -2.14. The summed E-state index contributed by atoms with van der Waals surface area (Å²) in [5, 5.41) is 4.63. The molecule has 3 rings (SSSR count). The Hall–Kier alpha value is -1.84. The molecule has 94 valence electrons. The third-order valence-corrected chi connectivity index (χ3v) is 3.34. The standard InChI is InChI=1S/C14H17N3O/c1-3-12-6-5-11(9-15-12)13-10(2)14-17(16-13)7-4-8-18-14/h5-6,9H,3-4,7-8H2,1-2H3. The summed E-state index contributed by atoms with van der Waals surface area (Å²) in [7, 11) is 0. The third-order valence-electron chi connectivity index (χ3n) is 3.34. The first-order valence-electron chi connectivity index (χ1n) is 6.45. The number of rotatable bonds is 2. The van der Waals surface area contributed by atoms with Crippen LogP contribution in [0.25, 0.3) is 11.3 Å². The van der Waals surface area contributed by atoms with Gasteiger partial charge >= 0.3 is 0 Å². The molecule has 0 spiro atoms. The van der Waals surface area contributed by atoms with Crippen molar-refractivity contribution in [2.24, 2.45) is 0 Å². The number of ether oxygens (including phenoxy) is 1. The van der Waals surface area contributed by atoms with E-state index in [4.69, 9.17) is 4.74 Å². The number of nitrogens with zero attached hydrogens (tertiary/aromatic N) is 3. The molecule has 18 heavy (non-hydrogen) atoms. The molecular formula is C14H17N3O. The summed E-state index contributed by atoms with van der Waals surface area (Å²) < 4.78 is 7.64. The van der Waals surface area contributed by atoms with Crippen LogP contribution in [-0.2, 0) is 13.0 Å². The molecule has 3 heterocycles. The van der Waals surface area contributed by atoms with Crippen LogP contribution in [0, 0.1) is 6.92 Å². The Morgan fingerprint density at radius 2 is 2.28 bits per heavy atom. The van der Waals surface area contributed by atoms with Gasteiger partial charge in [-0.2, -0.15) is 5.10 Å². The van der Waals surface area contributed by atoms with Crippen molar-refractivity contribution in [2.45, 2.75) is 33.2 Å². The van der Waals surface area contributed by atoms with Crippen LogP contribution in [0.15, 0.2) is 18.3 Å². The predicted octanol–water partition coefficient (Wildman–Crippen LogP) is 2.60. The van der Waals surface area contributed by atoms with Crippen LogP contribution in [0.4, 0.5) is 0 Å². The zero-order valence-corrected chi connectivity index (χ0v) is 10.8. The molecule has 1 aliphatic rings. The predicted molar refractivity (Wildman–Crippen MR) is 69.7 cm³/mol. The van der Waals surface area contributed by atoms with Crippen LogP contribution in [0.3, 0.4) is 0 Å². The van der Waals surface area contributed by atoms with E-state index >= 15 is 0 Å².